The van der Waals surface area contributed by atoms with Gasteiger partial charge in [0.1, 0.15) is 12.2 Å². The van der Waals surface area contributed by atoms with Gasteiger partial charge in [-0.25, -0.2) is 0 Å². The molecule has 74 heavy (non-hydrogen) atoms. The van der Waals surface area contributed by atoms with Crippen LogP contribution in [-0.2, 0) is 4.79 Å². The number of nitrogens with one attached hydrogen (secondary N) is 1. The number of amides is 1. The summed E-state index contributed by atoms with van der Waals surface area (Å²) >= 11 is 0. The highest BCUT2D eigenvalue weighted by Crippen LogP contribution is 2.20. The molecule has 0 aromatic carbocycles. The lowest BCUT2D eigenvalue weighted by Crippen LogP contribution is -2.53. The molecule has 0 aromatic rings. The standard InChI is InChI=1S/C68H137NO5/c1-3-5-7-9-11-13-15-17-19-21-23-25-27-29-31-32-33-34-35-36-38-40-42-44-46-48-50-52-54-56-58-60-62-66(72)68(74)69-64(63-70)67(73)65(71)61-59-57-55-53-51-49-47-45-43-41-39-37-30-28-26-24-22-20-18-16-14-12-10-8-6-4-2/h64-67,70-73H,3-63H2,1-2H3,(H,69,74). The maximum Gasteiger partial charge on any atom is 0.249 e. The minimum Gasteiger partial charge on any atom is -0.394 e. The van der Waals surface area contributed by atoms with Crippen LogP contribution in [0.2, 0.25) is 0 Å². The Balaban J connectivity index is 3.50. The maximum atomic E-state index is 12.7. The SMILES string of the molecule is CCCCCCCCCCCCCCCCCCCCCCCCCCCCCCCCCCC(O)C(=O)NC(CO)C(O)C(O)CCCCCCCCCCCCCCCCCCCCCCCCCCCC. The summed E-state index contributed by atoms with van der Waals surface area (Å²) in [4.78, 5) is 12.7. The second-order valence-electron chi connectivity index (χ2n) is 24.2. The minimum absolute atomic E-state index is 0.377. The van der Waals surface area contributed by atoms with E-state index in [-0.39, 0.29) is 0 Å². The zero-order valence-electron chi connectivity index (χ0n) is 50.6. The Kier molecular flexibility index (Phi) is 62.6. The van der Waals surface area contributed by atoms with Gasteiger partial charge in [0.2, 0.25) is 5.91 Å². The summed E-state index contributed by atoms with van der Waals surface area (Å²) in [6.07, 6.45) is 76.5. The largest absolute Gasteiger partial charge is 0.394 e. The van der Waals surface area contributed by atoms with Crippen molar-refractivity contribution in [1.82, 2.24) is 5.32 Å². The average molecular weight is 1050 g/mol. The van der Waals surface area contributed by atoms with E-state index in [0.717, 1.165) is 38.5 Å². The summed E-state index contributed by atoms with van der Waals surface area (Å²) in [7, 11) is 0. The Hall–Kier alpha value is -0.690. The van der Waals surface area contributed by atoms with E-state index in [4.69, 9.17) is 0 Å². The molecule has 0 aliphatic heterocycles. The van der Waals surface area contributed by atoms with E-state index in [9.17, 15) is 25.2 Å². The predicted octanol–water partition coefficient (Wildman–Crippen LogP) is 21.0. The smallest absolute Gasteiger partial charge is 0.249 e. The van der Waals surface area contributed by atoms with Gasteiger partial charge in [0.25, 0.3) is 0 Å². The van der Waals surface area contributed by atoms with Crippen LogP contribution in [0.25, 0.3) is 0 Å². The molecule has 0 saturated carbocycles. The van der Waals surface area contributed by atoms with Crippen molar-refractivity contribution in [2.75, 3.05) is 6.61 Å². The van der Waals surface area contributed by atoms with Crippen molar-refractivity contribution in [1.29, 1.82) is 0 Å². The van der Waals surface area contributed by atoms with Crippen LogP contribution in [0, 0.1) is 0 Å². The number of aliphatic hydroxyl groups is 4. The molecule has 0 rings (SSSR count). The highest BCUT2D eigenvalue weighted by Gasteiger charge is 2.28. The average Bonchev–Trinajstić information content (AvgIpc) is 3.41. The van der Waals surface area contributed by atoms with Crippen molar-refractivity contribution in [2.24, 2.45) is 0 Å². The molecule has 444 valence electrons. The van der Waals surface area contributed by atoms with Crippen molar-refractivity contribution in [2.45, 2.75) is 423 Å². The second-order valence-corrected chi connectivity index (χ2v) is 24.2. The molecule has 0 saturated heterocycles. The lowest BCUT2D eigenvalue weighted by Gasteiger charge is -2.27. The Labute approximate surface area is 464 Å². The fourth-order valence-electron chi connectivity index (χ4n) is 11.5. The molecule has 0 spiro atoms. The van der Waals surface area contributed by atoms with Crippen molar-refractivity contribution >= 4 is 5.91 Å². The summed E-state index contributed by atoms with van der Waals surface area (Å²) in [5.74, 6) is -0.573. The minimum atomic E-state index is -1.26. The molecule has 6 heteroatoms. The van der Waals surface area contributed by atoms with Crippen LogP contribution >= 0.6 is 0 Å². The molecule has 0 bridgehead atoms. The topological polar surface area (TPSA) is 110 Å². The first-order chi connectivity index (χ1) is 36.5. The van der Waals surface area contributed by atoms with E-state index < -0.39 is 36.9 Å². The summed E-state index contributed by atoms with van der Waals surface area (Å²) in [6.45, 7) is 4.12. The van der Waals surface area contributed by atoms with Crippen LogP contribution in [0.1, 0.15) is 399 Å². The molecule has 1 amide bonds. The fourth-order valence-corrected chi connectivity index (χ4v) is 11.5. The molecular formula is C68H137NO5. The zero-order valence-corrected chi connectivity index (χ0v) is 50.6. The van der Waals surface area contributed by atoms with Gasteiger partial charge in [-0.2, -0.15) is 0 Å². The van der Waals surface area contributed by atoms with Crippen molar-refractivity contribution in [3.8, 4) is 0 Å². The van der Waals surface area contributed by atoms with Gasteiger partial charge < -0.3 is 25.7 Å². The van der Waals surface area contributed by atoms with Gasteiger partial charge in [0, 0.05) is 0 Å². The lowest BCUT2D eigenvalue weighted by molar-refractivity contribution is -0.132. The summed E-state index contributed by atoms with van der Waals surface area (Å²) in [5.41, 5.74) is 0. The van der Waals surface area contributed by atoms with Crippen molar-refractivity contribution < 1.29 is 25.2 Å². The van der Waals surface area contributed by atoms with E-state index in [0.29, 0.717) is 12.8 Å². The fraction of sp³-hybridized carbons (Fsp3) is 0.985. The van der Waals surface area contributed by atoms with Gasteiger partial charge >= 0.3 is 0 Å². The third-order valence-electron chi connectivity index (χ3n) is 16.8. The van der Waals surface area contributed by atoms with Crippen LogP contribution in [0.15, 0.2) is 0 Å². The van der Waals surface area contributed by atoms with E-state index in [1.807, 2.05) is 0 Å². The maximum absolute atomic E-state index is 12.7. The van der Waals surface area contributed by atoms with Crippen LogP contribution in [0.5, 0.6) is 0 Å². The number of carbonyl (C=O) groups excluding carboxylic acids is 1. The number of carbonyl (C=O) groups is 1. The molecule has 0 fully saturated rings. The number of aliphatic hydroxyl groups excluding tert-OH is 4. The van der Waals surface area contributed by atoms with Crippen LogP contribution in [0.4, 0.5) is 0 Å². The first kappa shape index (κ1) is 73.3. The molecule has 5 N–H and O–H groups in total. The summed E-state index contributed by atoms with van der Waals surface area (Å²) in [6, 6.07) is -0.982. The molecule has 4 atom stereocenters. The van der Waals surface area contributed by atoms with Crippen LogP contribution < -0.4 is 5.32 Å². The van der Waals surface area contributed by atoms with Gasteiger partial charge in [0.05, 0.1) is 18.8 Å². The number of hydrogen-bond acceptors (Lipinski definition) is 5. The van der Waals surface area contributed by atoms with Crippen molar-refractivity contribution in [3.05, 3.63) is 0 Å². The van der Waals surface area contributed by atoms with Gasteiger partial charge in [-0.15, -0.1) is 0 Å². The first-order valence-corrected chi connectivity index (χ1v) is 34.4. The Morgan fingerprint density at radius 2 is 0.459 bits per heavy atom. The summed E-state index contributed by atoms with van der Waals surface area (Å²) < 4.78 is 0. The van der Waals surface area contributed by atoms with E-state index in [1.165, 1.54) is 334 Å². The highest BCUT2D eigenvalue weighted by molar-refractivity contribution is 5.80. The summed E-state index contributed by atoms with van der Waals surface area (Å²) in [5, 5.41) is 44.2. The lowest BCUT2D eigenvalue weighted by atomic mass is 9.99. The van der Waals surface area contributed by atoms with Gasteiger partial charge in [-0.05, 0) is 12.8 Å². The molecular weight excluding hydrogens is 911 g/mol. The Morgan fingerprint density at radius 3 is 0.649 bits per heavy atom. The zero-order chi connectivity index (χ0) is 53.7. The predicted molar refractivity (Wildman–Crippen MR) is 325 cm³/mol. The Morgan fingerprint density at radius 1 is 0.284 bits per heavy atom. The molecule has 0 radical (unpaired) electrons. The number of unbranched alkanes of at least 4 members (excludes halogenated alkanes) is 56. The second kappa shape index (κ2) is 63.1. The molecule has 0 aliphatic carbocycles. The molecule has 0 aliphatic rings. The van der Waals surface area contributed by atoms with E-state index >= 15 is 0 Å². The molecule has 0 heterocycles. The number of rotatable bonds is 65. The monoisotopic (exact) mass is 1050 g/mol. The number of hydrogen-bond donors (Lipinski definition) is 5. The third-order valence-corrected chi connectivity index (χ3v) is 16.8. The third kappa shape index (κ3) is 56.0. The van der Waals surface area contributed by atoms with E-state index in [1.54, 1.807) is 0 Å². The van der Waals surface area contributed by atoms with Gasteiger partial charge in [-0.1, -0.05) is 386 Å². The normalized spacial score (nSPS) is 13.4. The Bertz CT molecular complexity index is 1040. The van der Waals surface area contributed by atoms with Gasteiger partial charge in [0.15, 0.2) is 0 Å². The molecule has 6 nitrogen and oxygen atoms in total. The van der Waals surface area contributed by atoms with Gasteiger partial charge in [-0.3, -0.25) is 4.79 Å². The molecule has 4 unspecified atom stereocenters. The quantitative estimate of drug-likeness (QED) is 0.0390. The first-order valence-electron chi connectivity index (χ1n) is 34.4. The van der Waals surface area contributed by atoms with Crippen molar-refractivity contribution in [3.63, 3.8) is 0 Å². The highest BCUT2D eigenvalue weighted by atomic mass is 16.3. The molecule has 0 aromatic heterocycles. The van der Waals surface area contributed by atoms with Crippen LogP contribution in [-0.4, -0.2) is 57.3 Å². The van der Waals surface area contributed by atoms with E-state index in [2.05, 4.69) is 19.2 Å². The van der Waals surface area contributed by atoms with Crippen LogP contribution in [0.3, 0.4) is 0 Å².